The van der Waals surface area contributed by atoms with E-state index in [1.807, 2.05) is 0 Å². The van der Waals surface area contributed by atoms with Crippen LogP contribution in [0.15, 0.2) is 0 Å². The van der Waals surface area contributed by atoms with Crippen molar-refractivity contribution < 1.29 is 0 Å². The third-order valence-electron chi connectivity index (χ3n) is 3.94. The summed E-state index contributed by atoms with van der Waals surface area (Å²) in [5.41, 5.74) is 0. The molecule has 1 heteroatoms. The Kier molecular flexibility index (Phi) is 0.934. The predicted molar refractivity (Wildman–Crippen MR) is 46.2 cm³/mol. The predicted octanol–water partition coefficient (Wildman–Crippen LogP) is 1.52. The molecule has 4 rings (SSSR count). The van der Waals surface area contributed by atoms with E-state index < -0.39 is 0 Å². The second kappa shape index (κ2) is 1.57. The van der Waals surface area contributed by atoms with Crippen LogP contribution in [0.4, 0.5) is 0 Å². The second-order valence-corrected chi connectivity index (χ2v) is 6.78. The zero-order valence-electron chi connectivity index (χ0n) is 6.71. The molecule has 0 N–H and O–H groups in total. The molecule has 4 bridgehead atoms. The van der Waals surface area contributed by atoms with Gasteiger partial charge in [-0.15, -0.1) is 0 Å². The maximum absolute atomic E-state index is 2.45. The molecule has 0 aliphatic heterocycles. The van der Waals surface area contributed by atoms with Crippen LogP contribution in [0.1, 0.15) is 12.8 Å². The molecule has 4 aliphatic carbocycles. The SMILES string of the molecule is C[S+](C)[C@@H]1C2CC3C1[C@H]3C2. The van der Waals surface area contributed by atoms with Crippen molar-refractivity contribution >= 4 is 10.9 Å². The van der Waals surface area contributed by atoms with Gasteiger partial charge < -0.3 is 0 Å². The summed E-state index contributed by atoms with van der Waals surface area (Å²) >= 11 is 0. The minimum absolute atomic E-state index is 0.732. The summed E-state index contributed by atoms with van der Waals surface area (Å²) < 4.78 is 0. The Morgan fingerprint density at radius 1 is 1.10 bits per heavy atom. The lowest BCUT2D eigenvalue weighted by atomic mass is 10.1. The maximum Gasteiger partial charge on any atom is 0.123 e. The van der Waals surface area contributed by atoms with Crippen molar-refractivity contribution in [3.05, 3.63) is 0 Å². The quantitative estimate of drug-likeness (QED) is 0.504. The van der Waals surface area contributed by atoms with Gasteiger partial charge >= 0.3 is 0 Å². The lowest BCUT2D eigenvalue weighted by molar-refractivity contribution is 0.613. The number of rotatable bonds is 1. The molecule has 0 amide bonds. The van der Waals surface area contributed by atoms with Crippen LogP contribution in [0, 0.1) is 23.7 Å². The molecule has 0 radical (unpaired) electrons. The zero-order valence-corrected chi connectivity index (χ0v) is 7.53. The molecular formula is C9H15S+. The third-order valence-corrected chi connectivity index (χ3v) is 5.72. The number of hydrogen-bond acceptors (Lipinski definition) is 0. The van der Waals surface area contributed by atoms with Gasteiger partial charge in [0.25, 0.3) is 0 Å². The van der Waals surface area contributed by atoms with E-state index in [1.165, 1.54) is 28.9 Å². The van der Waals surface area contributed by atoms with Crippen molar-refractivity contribution in [2.24, 2.45) is 23.7 Å². The van der Waals surface area contributed by atoms with E-state index in [0.717, 1.165) is 10.9 Å². The highest BCUT2D eigenvalue weighted by Crippen LogP contribution is 2.71. The van der Waals surface area contributed by atoms with Crippen LogP contribution < -0.4 is 0 Å². The van der Waals surface area contributed by atoms with E-state index in [2.05, 4.69) is 12.5 Å². The van der Waals surface area contributed by atoms with Crippen LogP contribution >= 0.6 is 0 Å². The van der Waals surface area contributed by atoms with Crippen LogP contribution in [0.5, 0.6) is 0 Å². The molecule has 4 saturated carbocycles. The topological polar surface area (TPSA) is 0 Å². The Morgan fingerprint density at radius 2 is 1.70 bits per heavy atom. The van der Waals surface area contributed by atoms with Gasteiger partial charge in [-0.05, 0) is 35.6 Å². The summed E-state index contributed by atoms with van der Waals surface area (Å²) in [6.07, 6.45) is 8.12. The van der Waals surface area contributed by atoms with Crippen molar-refractivity contribution in [3.8, 4) is 0 Å². The Hall–Kier alpha value is 0.350. The van der Waals surface area contributed by atoms with E-state index in [4.69, 9.17) is 0 Å². The standard InChI is InChI=1S/C9H15S/c1-10(2)9-5-3-6-7(4-5)8(6)9/h5-9H,3-4H2,1-2H3/q+1/t5?,6-,7?,8?,9+/m0/s1. The lowest BCUT2D eigenvalue weighted by Crippen LogP contribution is -2.22. The van der Waals surface area contributed by atoms with Gasteiger partial charge in [-0.1, -0.05) is 0 Å². The normalized spacial score (nSPS) is 62.1. The van der Waals surface area contributed by atoms with E-state index >= 15 is 0 Å². The molecule has 0 saturated heterocycles. The smallest absolute Gasteiger partial charge is 0.0421 e. The van der Waals surface area contributed by atoms with Gasteiger partial charge in [-0.25, -0.2) is 0 Å². The van der Waals surface area contributed by atoms with Crippen LogP contribution in [-0.4, -0.2) is 17.8 Å². The van der Waals surface area contributed by atoms with Crippen molar-refractivity contribution in [3.63, 3.8) is 0 Å². The summed E-state index contributed by atoms with van der Waals surface area (Å²) in [7, 11) is 0.732. The Balaban J connectivity index is 1.90. The molecule has 10 heavy (non-hydrogen) atoms. The fourth-order valence-corrected chi connectivity index (χ4v) is 5.73. The molecule has 0 spiro atoms. The fourth-order valence-electron chi connectivity index (χ4n) is 3.70. The third kappa shape index (κ3) is 0.490. The molecule has 56 valence electrons. The van der Waals surface area contributed by atoms with E-state index in [-0.39, 0.29) is 0 Å². The van der Waals surface area contributed by atoms with Crippen LogP contribution in [0.25, 0.3) is 0 Å². The molecule has 0 aromatic carbocycles. The van der Waals surface area contributed by atoms with Crippen LogP contribution in [-0.2, 0) is 10.9 Å². The van der Waals surface area contributed by atoms with E-state index in [9.17, 15) is 0 Å². The highest BCUT2D eigenvalue weighted by Gasteiger charge is 2.72. The van der Waals surface area contributed by atoms with Crippen molar-refractivity contribution in [2.45, 2.75) is 18.1 Å². The molecule has 0 nitrogen and oxygen atoms in total. The number of hydrogen-bond donors (Lipinski definition) is 0. The summed E-state index contributed by atoms with van der Waals surface area (Å²) in [5, 5.41) is 1.18. The van der Waals surface area contributed by atoms with Gasteiger partial charge in [-0.3, -0.25) is 0 Å². The van der Waals surface area contributed by atoms with E-state index in [0.29, 0.717) is 0 Å². The Morgan fingerprint density at radius 3 is 1.90 bits per heavy atom. The molecule has 4 fully saturated rings. The van der Waals surface area contributed by atoms with Crippen molar-refractivity contribution in [1.82, 2.24) is 0 Å². The van der Waals surface area contributed by atoms with Gasteiger partial charge in [0.2, 0.25) is 0 Å². The molecule has 4 aliphatic rings. The first-order valence-electron chi connectivity index (χ1n) is 4.35. The molecule has 0 aromatic rings. The average Bonchev–Trinajstić information content (AvgIpc) is 2.38. The first-order valence-corrected chi connectivity index (χ1v) is 6.46. The zero-order chi connectivity index (χ0) is 6.88. The second-order valence-electron chi connectivity index (χ2n) is 4.48. The van der Waals surface area contributed by atoms with Crippen LogP contribution in [0.2, 0.25) is 0 Å². The Bertz CT molecular complexity index is 162. The summed E-state index contributed by atoms with van der Waals surface area (Å²) in [6.45, 7) is 0. The highest BCUT2D eigenvalue weighted by molar-refractivity contribution is 7.96. The molecular weight excluding hydrogens is 140 g/mol. The van der Waals surface area contributed by atoms with Gasteiger partial charge in [-0.2, -0.15) is 0 Å². The van der Waals surface area contributed by atoms with Crippen LogP contribution in [0.3, 0.4) is 0 Å². The maximum atomic E-state index is 2.45. The van der Waals surface area contributed by atoms with Gasteiger partial charge in [0, 0.05) is 11.8 Å². The molecule has 5 atom stereocenters. The minimum Gasteiger partial charge on any atom is -0.0421 e. The highest BCUT2D eigenvalue weighted by atomic mass is 32.2. The van der Waals surface area contributed by atoms with Gasteiger partial charge in [0.15, 0.2) is 0 Å². The molecule has 0 heterocycles. The average molecular weight is 155 g/mol. The van der Waals surface area contributed by atoms with Crippen molar-refractivity contribution in [1.29, 1.82) is 0 Å². The van der Waals surface area contributed by atoms with E-state index in [1.54, 1.807) is 12.8 Å². The molecule has 0 aromatic heterocycles. The monoisotopic (exact) mass is 155 g/mol. The molecule has 3 unspecified atom stereocenters. The van der Waals surface area contributed by atoms with Gasteiger partial charge in [0.1, 0.15) is 5.25 Å². The summed E-state index contributed by atoms with van der Waals surface area (Å²) in [6, 6.07) is 0. The Labute approximate surface area is 65.7 Å². The largest absolute Gasteiger partial charge is 0.123 e. The van der Waals surface area contributed by atoms with Crippen molar-refractivity contribution in [2.75, 3.05) is 12.5 Å². The lowest BCUT2D eigenvalue weighted by Gasteiger charge is -2.09. The minimum atomic E-state index is 0.732. The summed E-state index contributed by atoms with van der Waals surface area (Å²) in [4.78, 5) is 0. The first kappa shape index (κ1) is 5.93. The van der Waals surface area contributed by atoms with Gasteiger partial charge in [0.05, 0.1) is 12.5 Å². The summed E-state index contributed by atoms with van der Waals surface area (Å²) in [5.74, 6) is 4.86. The fraction of sp³-hybridized carbons (Fsp3) is 1.00. The first-order chi connectivity index (χ1) is 4.79.